The molecule has 0 aliphatic carbocycles. The summed E-state index contributed by atoms with van der Waals surface area (Å²) in [4.78, 5) is 12.6. The van der Waals surface area contributed by atoms with Crippen LogP contribution in [0.4, 0.5) is 0 Å². The first kappa shape index (κ1) is 8.35. The van der Waals surface area contributed by atoms with Crippen molar-refractivity contribution in [3.63, 3.8) is 0 Å². The molecule has 1 rings (SSSR count). The van der Waals surface area contributed by atoms with Crippen LogP contribution in [0.3, 0.4) is 0 Å². The molecule has 0 aromatic rings. The summed E-state index contributed by atoms with van der Waals surface area (Å²) in [7, 11) is 0. The average Bonchev–Trinajstić information content (AvgIpc) is 2.50. The molecule has 1 saturated heterocycles. The van der Waals surface area contributed by atoms with Gasteiger partial charge in [-0.15, -0.1) is 11.6 Å². The van der Waals surface area contributed by atoms with Crippen molar-refractivity contribution in [3.8, 4) is 6.07 Å². The fourth-order valence-corrected chi connectivity index (χ4v) is 1.43. The normalized spacial score (nSPS) is 23.3. The largest absolute Gasteiger partial charge is 0.326 e. The quantitative estimate of drug-likeness (QED) is 0.548. The molecular weight excluding hydrogens is 164 g/mol. The highest BCUT2D eigenvalue weighted by molar-refractivity contribution is 6.27. The fourth-order valence-electron chi connectivity index (χ4n) is 1.28. The van der Waals surface area contributed by atoms with Crippen molar-refractivity contribution >= 4 is 17.5 Å². The van der Waals surface area contributed by atoms with Gasteiger partial charge in [-0.1, -0.05) is 0 Å². The second-order valence-electron chi connectivity index (χ2n) is 2.51. The minimum Gasteiger partial charge on any atom is -0.326 e. The van der Waals surface area contributed by atoms with Gasteiger partial charge >= 0.3 is 0 Å². The molecule has 1 amide bonds. The number of halogens is 1. The van der Waals surface area contributed by atoms with Crippen LogP contribution >= 0.6 is 11.6 Å². The van der Waals surface area contributed by atoms with E-state index in [4.69, 9.17) is 16.9 Å². The van der Waals surface area contributed by atoms with Crippen LogP contribution in [0.5, 0.6) is 0 Å². The Morgan fingerprint density at radius 3 is 3.09 bits per heavy atom. The summed E-state index contributed by atoms with van der Waals surface area (Å²) in [6.45, 7) is 0.684. The summed E-state index contributed by atoms with van der Waals surface area (Å²) in [5.74, 6) is -0.145. The molecule has 0 saturated carbocycles. The van der Waals surface area contributed by atoms with Crippen LogP contribution in [-0.2, 0) is 4.79 Å². The van der Waals surface area contributed by atoms with Gasteiger partial charge in [0.15, 0.2) is 0 Å². The molecule has 1 atom stereocenters. The molecule has 1 heterocycles. The molecule has 0 N–H and O–H groups in total. The lowest BCUT2D eigenvalue weighted by Crippen LogP contribution is -2.35. The van der Waals surface area contributed by atoms with Gasteiger partial charge < -0.3 is 4.90 Å². The number of amides is 1. The monoisotopic (exact) mass is 172 g/mol. The molecule has 4 heteroatoms. The first-order valence-corrected chi connectivity index (χ1v) is 4.08. The van der Waals surface area contributed by atoms with Crippen LogP contribution in [-0.4, -0.2) is 29.3 Å². The molecule has 0 aromatic heterocycles. The first-order chi connectivity index (χ1) is 5.29. The van der Waals surface area contributed by atoms with E-state index in [0.717, 1.165) is 12.8 Å². The van der Waals surface area contributed by atoms with Crippen molar-refractivity contribution in [1.82, 2.24) is 4.90 Å². The summed E-state index contributed by atoms with van der Waals surface area (Å²) in [6.07, 6.45) is 1.71. The Balaban J connectivity index is 2.58. The maximum atomic E-state index is 11.0. The van der Waals surface area contributed by atoms with Gasteiger partial charge in [-0.25, -0.2) is 0 Å². The molecule has 60 valence electrons. The lowest BCUT2D eigenvalue weighted by atomic mass is 10.2. The van der Waals surface area contributed by atoms with Crippen LogP contribution in [0.2, 0.25) is 0 Å². The second kappa shape index (κ2) is 3.59. The van der Waals surface area contributed by atoms with Crippen LogP contribution in [0.15, 0.2) is 0 Å². The highest BCUT2D eigenvalue weighted by Gasteiger charge is 2.27. The van der Waals surface area contributed by atoms with Gasteiger partial charge in [0, 0.05) is 6.54 Å². The number of likely N-dealkylation sites (tertiary alicyclic amines) is 1. The van der Waals surface area contributed by atoms with E-state index in [1.165, 1.54) is 0 Å². The lowest BCUT2D eigenvalue weighted by molar-refractivity contribution is -0.128. The number of nitrogens with zero attached hydrogens (tertiary/aromatic N) is 2. The van der Waals surface area contributed by atoms with Gasteiger partial charge in [0.05, 0.1) is 6.07 Å². The Morgan fingerprint density at radius 2 is 2.55 bits per heavy atom. The van der Waals surface area contributed by atoms with Gasteiger partial charge in [0.1, 0.15) is 11.9 Å². The zero-order valence-electron chi connectivity index (χ0n) is 6.09. The van der Waals surface area contributed by atoms with Gasteiger partial charge in [0.25, 0.3) is 0 Å². The molecular formula is C7H9ClN2O. The first-order valence-electron chi connectivity index (χ1n) is 3.54. The van der Waals surface area contributed by atoms with Gasteiger partial charge in [-0.2, -0.15) is 5.26 Å². The Morgan fingerprint density at radius 1 is 1.82 bits per heavy atom. The number of hydrogen-bond acceptors (Lipinski definition) is 2. The number of carbonyl (C=O) groups is 1. The van der Waals surface area contributed by atoms with E-state index in [0.29, 0.717) is 6.54 Å². The van der Waals surface area contributed by atoms with Crippen molar-refractivity contribution in [3.05, 3.63) is 0 Å². The molecule has 0 aromatic carbocycles. The third-order valence-corrected chi connectivity index (χ3v) is 2.07. The van der Waals surface area contributed by atoms with E-state index >= 15 is 0 Å². The predicted molar refractivity (Wildman–Crippen MR) is 41.1 cm³/mol. The number of nitriles is 1. The zero-order chi connectivity index (χ0) is 8.27. The van der Waals surface area contributed by atoms with Gasteiger partial charge in [-0.05, 0) is 12.8 Å². The van der Waals surface area contributed by atoms with Crippen LogP contribution in [0, 0.1) is 11.3 Å². The number of hydrogen-bond donors (Lipinski definition) is 0. The van der Waals surface area contributed by atoms with Crippen LogP contribution in [0.1, 0.15) is 12.8 Å². The van der Waals surface area contributed by atoms with Crippen molar-refractivity contribution in [1.29, 1.82) is 5.26 Å². The molecule has 0 spiro atoms. The molecule has 1 fully saturated rings. The molecule has 0 unspecified atom stereocenters. The smallest absolute Gasteiger partial charge is 0.238 e. The summed E-state index contributed by atoms with van der Waals surface area (Å²) < 4.78 is 0. The molecule has 0 radical (unpaired) electrons. The van der Waals surface area contributed by atoms with E-state index in [9.17, 15) is 4.79 Å². The summed E-state index contributed by atoms with van der Waals surface area (Å²) >= 11 is 5.35. The standard InChI is InChI=1S/C7H9ClN2O/c8-4-7(11)10-3-1-2-6(10)5-9/h6H,1-4H2/t6-/m1/s1. The highest BCUT2D eigenvalue weighted by Crippen LogP contribution is 2.16. The Labute approximate surface area is 70.5 Å². The minimum atomic E-state index is -0.235. The van der Waals surface area contributed by atoms with Gasteiger partial charge in [0.2, 0.25) is 5.91 Å². The van der Waals surface area contributed by atoms with Crippen LogP contribution in [0.25, 0.3) is 0 Å². The molecule has 1 aliphatic heterocycles. The third-order valence-electron chi connectivity index (χ3n) is 1.84. The third kappa shape index (κ3) is 1.63. The molecule has 0 bridgehead atoms. The van der Waals surface area contributed by atoms with Crippen molar-refractivity contribution in [2.24, 2.45) is 0 Å². The van der Waals surface area contributed by atoms with E-state index in [-0.39, 0.29) is 17.8 Å². The maximum absolute atomic E-state index is 11.0. The Kier molecular flexibility index (Phi) is 2.72. The van der Waals surface area contributed by atoms with Crippen molar-refractivity contribution in [2.45, 2.75) is 18.9 Å². The van der Waals surface area contributed by atoms with E-state index in [2.05, 4.69) is 6.07 Å². The Hall–Kier alpha value is -0.750. The van der Waals surface area contributed by atoms with E-state index in [1.807, 2.05) is 0 Å². The second-order valence-corrected chi connectivity index (χ2v) is 2.78. The molecule has 1 aliphatic rings. The predicted octanol–water partition coefficient (Wildman–Crippen LogP) is 0.740. The lowest BCUT2D eigenvalue weighted by Gasteiger charge is -2.17. The van der Waals surface area contributed by atoms with Crippen molar-refractivity contribution < 1.29 is 4.79 Å². The SMILES string of the molecule is N#C[C@H]1CCCN1C(=O)CCl. The summed E-state index contributed by atoms with van der Waals surface area (Å²) in [5.41, 5.74) is 0. The minimum absolute atomic E-state index is 0.0157. The topological polar surface area (TPSA) is 44.1 Å². The summed E-state index contributed by atoms with van der Waals surface area (Å²) in [6, 6.07) is 1.84. The van der Waals surface area contributed by atoms with Crippen molar-refractivity contribution in [2.75, 3.05) is 12.4 Å². The van der Waals surface area contributed by atoms with E-state index < -0.39 is 0 Å². The fraction of sp³-hybridized carbons (Fsp3) is 0.714. The summed E-state index contributed by atoms with van der Waals surface area (Å²) in [5, 5.41) is 8.59. The van der Waals surface area contributed by atoms with E-state index in [1.54, 1.807) is 4.90 Å². The van der Waals surface area contributed by atoms with Gasteiger partial charge in [-0.3, -0.25) is 4.79 Å². The van der Waals surface area contributed by atoms with Crippen LogP contribution < -0.4 is 0 Å². The highest BCUT2D eigenvalue weighted by atomic mass is 35.5. The number of alkyl halides is 1. The molecule has 11 heavy (non-hydrogen) atoms. The molecule has 3 nitrogen and oxygen atoms in total. The number of rotatable bonds is 1. The number of carbonyl (C=O) groups excluding carboxylic acids is 1. The zero-order valence-corrected chi connectivity index (χ0v) is 6.84. The maximum Gasteiger partial charge on any atom is 0.238 e. The Bertz CT molecular complexity index is 199. The average molecular weight is 173 g/mol.